The summed E-state index contributed by atoms with van der Waals surface area (Å²) in [4.78, 5) is 0. The Hall–Kier alpha value is -2.52. The fourth-order valence-electron chi connectivity index (χ4n) is 2.81. The predicted octanol–water partition coefficient (Wildman–Crippen LogP) is 4.79. The first-order valence-corrected chi connectivity index (χ1v) is 7.84. The Bertz CT molecular complexity index is 790. The molecule has 0 aliphatic carbocycles. The van der Waals surface area contributed by atoms with Crippen molar-refractivity contribution in [3.8, 4) is 11.3 Å². The first-order chi connectivity index (χ1) is 11.3. The second-order valence-corrected chi connectivity index (χ2v) is 5.58. The van der Waals surface area contributed by atoms with Crippen molar-refractivity contribution in [3.05, 3.63) is 73.0 Å². The van der Waals surface area contributed by atoms with Gasteiger partial charge in [0.1, 0.15) is 12.4 Å². The minimum Gasteiger partial charge on any atom is -0.510 e. The molecule has 1 aromatic heterocycles. The molecule has 3 nitrogen and oxygen atoms in total. The molecular weight excluding hydrogens is 286 g/mol. The van der Waals surface area contributed by atoms with Gasteiger partial charge in [0, 0.05) is 29.7 Å². The standard InChI is InChI=1S/C20H21NO2/c1-16(22)15-23-13-7-12-21-19-11-6-5-10-18(19)14-20(21)17-8-3-2-4-9-17/h2-6,8-11,14,22H,1,7,12-13,15H2. The number of nitrogens with zero attached hydrogens (tertiary/aromatic N) is 1. The molecular formula is C20H21NO2. The van der Waals surface area contributed by atoms with Crippen LogP contribution in [0.25, 0.3) is 22.2 Å². The van der Waals surface area contributed by atoms with Gasteiger partial charge in [-0.2, -0.15) is 0 Å². The Kier molecular flexibility index (Phi) is 4.79. The van der Waals surface area contributed by atoms with Gasteiger partial charge in [-0.05, 0) is 24.1 Å². The Balaban J connectivity index is 1.83. The van der Waals surface area contributed by atoms with Gasteiger partial charge in [0.25, 0.3) is 0 Å². The van der Waals surface area contributed by atoms with Gasteiger partial charge in [-0.3, -0.25) is 0 Å². The number of benzene rings is 2. The van der Waals surface area contributed by atoms with Crippen LogP contribution in [0, 0.1) is 0 Å². The van der Waals surface area contributed by atoms with Gasteiger partial charge in [-0.25, -0.2) is 0 Å². The van der Waals surface area contributed by atoms with E-state index in [2.05, 4.69) is 65.7 Å². The maximum Gasteiger partial charge on any atom is 0.111 e. The van der Waals surface area contributed by atoms with E-state index in [4.69, 9.17) is 9.84 Å². The summed E-state index contributed by atoms with van der Waals surface area (Å²) < 4.78 is 7.72. The van der Waals surface area contributed by atoms with Gasteiger partial charge in [-0.15, -0.1) is 0 Å². The monoisotopic (exact) mass is 307 g/mol. The maximum atomic E-state index is 9.05. The average molecular weight is 307 g/mol. The molecule has 0 saturated heterocycles. The van der Waals surface area contributed by atoms with Crippen LogP contribution in [-0.2, 0) is 11.3 Å². The van der Waals surface area contributed by atoms with E-state index >= 15 is 0 Å². The zero-order valence-corrected chi connectivity index (χ0v) is 13.1. The number of aromatic nitrogens is 1. The smallest absolute Gasteiger partial charge is 0.111 e. The van der Waals surface area contributed by atoms with Crippen LogP contribution in [0.4, 0.5) is 0 Å². The Labute approximate surface area is 136 Å². The average Bonchev–Trinajstić information content (AvgIpc) is 2.94. The molecule has 118 valence electrons. The van der Waals surface area contributed by atoms with Crippen LogP contribution >= 0.6 is 0 Å². The summed E-state index contributed by atoms with van der Waals surface area (Å²) in [5.74, 6) is 0.0707. The van der Waals surface area contributed by atoms with Crippen LogP contribution < -0.4 is 0 Å². The van der Waals surface area contributed by atoms with Gasteiger partial charge in [-0.1, -0.05) is 55.1 Å². The van der Waals surface area contributed by atoms with E-state index < -0.39 is 0 Å². The maximum absolute atomic E-state index is 9.05. The zero-order chi connectivity index (χ0) is 16.1. The second-order valence-electron chi connectivity index (χ2n) is 5.58. The van der Waals surface area contributed by atoms with E-state index in [-0.39, 0.29) is 12.4 Å². The molecule has 3 heteroatoms. The third kappa shape index (κ3) is 3.63. The van der Waals surface area contributed by atoms with Gasteiger partial charge in [0.15, 0.2) is 0 Å². The fraction of sp³-hybridized carbons (Fsp3) is 0.200. The highest BCUT2D eigenvalue weighted by Crippen LogP contribution is 2.28. The summed E-state index contributed by atoms with van der Waals surface area (Å²) in [7, 11) is 0. The molecule has 0 aliphatic rings. The third-order valence-corrected chi connectivity index (χ3v) is 3.82. The summed E-state index contributed by atoms with van der Waals surface area (Å²) in [6.07, 6.45) is 0.881. The Morgan fingerprint density at radius 1 is 1.04 bits per heavy atom. The molecule has 0 fully saturated rings. The van der Waals surface area contributed by atoms with Gasteiger partial charge in [0.05, 0.1) is 0 Å². The van der Waals surface area contributed by atoms with Crippen LogP contribution in [0.1, 0.15) is 6.42 Å². The summed E-state index contributed by atoms with van der Waals surface area (Å²) in [5, 5.41) is 10.3. The van der Waals surface area contributed by atoms with Gasteiger partial charge >= 0.3 is 0 Å². The molecule has 0 amide bonds. The number of aliphatic hydroxyl groups is 1. The van der Waals surface area contributed by atoms with Crippen LogP contribution in [0.2, 0.25) is 0 Å². The van der Waals surface area contributed by atoms with E-state index in [1.807, 2.05) is 6.07 Å². The van der Waals surface area contributed by atoms with Crippen molar-refractivity contribution in [3.63, 3.8) is 0 Å². The van der Waals surface area contributed by atoms with E-state index in [1.54, 1.807) is 0 Å². The molecule has 0 unspecified atom stereocenters. The normalized spacial score (nSPS) is 11.0. The molecule has 1 N–H and O–H groups in total. The quantitative estimate of drug-likeness (QED) is 0.503. The highest BCUT2D eigenvalue weighted by Gasteiger charge is 2.09. The van der Waals surface area contributed by atoms with E-state index in [0.717, 1.165) is 13.0 Å². The van der Waals surface area contributed by atoms with Crippen molar-refractivity contribution in [2.75, 3.05) is 13.2 Å². The number of rotatable bonds is 7. The summed E-state index contributed by atoms with van der Waals surface area (Å²) >= 11 is 0. The lowest BCUT2D eigenvalue weighted by atomic mass is 10.1. The molecule has 23 heavy (non-hydrogen) atoms. The van der Waals surface area contributed by atoms with Crippen molar-refractivity contribution >= 4 is 10.9 Å². The SMILES string of the molecule is C=C(O)COCCCn1c(-c2ccccc2)cc2ccccc21. The lowest BCUT2D eigenvalue weighted by molar-refractivity contribution is 0.124. The summed E-state index contributed by atoms with van der Waals surface area (Å²) in [6, 6.07) is 21.1. The second kappa shape index (κ2) is 7.16. The molecule has 3 rings (SSSR count). The summed E-state index contributed by atoms with van der Waals surface area (Å²) in [6.45, 7) is 5.10. The van der Waals surface area contributed by atoms with Crippen LogP contribution in [0.15, 0.2) is 73.0 Å². The lowest BCUT2D eigenvalue weighted by Crippen LogP contribution is -2.05. The molecule has 0 spiro atoms. The lowest BCUT2D eigenvalue weighted by Gasteiger charge is -2.11. The first-order valence-electron chi connectivity index (χ1n) is 7.84. The van der Waals surface area contributed by atoms with Crippen molar-refractivity contribution in [1.82, 2.24) is 4.57 Å². The fourth-order valence-corrected chi connectivity index (χ4v) is 2.81. The van der Waals surface area contributed by atoms with Crippen LogP contribution in [-0.4, -0.2) is 22.9 Å². The van der Waals surface area contributed by atoms with Crippen molar-refractivity contribution in [1.29, 1.82) is 0 Å². The topological polar surface area (TPSA) is 34.4 Å². The molecule has 2 aromatic carbocycles. The largest absolute Gasteiger partial charge is 0.510 e. The number of hydrogen-bond donors (Lipinski definition) is 1. The number of aliphatic hydroxyl groups excluding tert-OH is 1. The highest BCUT2D eigenvalue weighted by atomic mass is 16.5. The van der Waals surface area contributed by atoms with E-state index in [1.165, 1.54) is 22.2 Å². The van der Waals surface area contributed by atoms with E-state index in [0.29, 0.717) is 6.61 Å². The zero-order valence-electron chi connectivity index (χ0n) is 13.1. The minimum absolute atomic E-state index is 0.0707. The Morgan fingerprint density at radius 2 is 1.78 bits per heavy atom. The number of para-hydroxylation sites is 1. The molecule has 0 atom stereocenters. The number of aryl methyl sites for hydroxylation is 1. The summed E-state index contributed by atoms with van der Waals surface area (Å²) in [5.41, 5.74) is 3.67. The molecule has 0 bridgehead atoms. The number of fused-ring (bicyclic) bond motifs is 1. The van der Waals surface area contributed by atoms with Crippen molar-refractivity contribution in [2.45, 2.75) is 13.0 Å². The number of hydrogen-bond acceptors (Lipinski definition) is 2. The van der Waals surface area contributed by atoms with Crippen molar-refractivity contribution in [2.24, 2.45) is 0 Å². The first kappa shape index (κ1) is 15.4. The predicted molar refractivity (Wildman–Crippen MR) is 94.6 cm³/mol. The van der Waals surface area contributed by atoms with Gasteiger partial charge < -0.3 is 14.4 Å². The molecule has 0 aliphatic heterocycles. The molecule has 0 radical (unpaired) electrons. The highest BCUT2D eigenvalue weighted by molar-refractivity contribution is 5.87. The molecule has 3 aromatic rings. The van der Waals surface area contributed by atoms with Crippen LogP contribution in [0.3, 0.4) is 0 Å². The third-order valence-electron chi connectivity index (χ3n) is 3.82. The van der Waals surface area contributed by atoms with E-state index in [9.17, 15) is 0 Å². The molecule has 1 heterocycles. The Morgan fingerprint density at radius 3 is 2.57 bits per heavy atom. The minimum atomic E-state index is 0.0707. The van der Waals surface area contributed by atoms with Gasteiger partial charge in [0.2, 0.25) is 0 Å². The van der Waals surface area contributed by atoms with Crippen LogP contribution in [0.5, 0.6) is 0 Å². The molecule has 0 saturated carbocycles. The number of ether oxygens (including phenoxy) is 1. The van der Waals surface area contributed by atoms with Crippen molar-refractivity contribution < 1.29 is 9.84 Å².